The third kappa shape index (κ3) is 3.04. The van der Waals surface area contributed by atoms with Crippen LogP contribution in [0.2, 0.25) is 0 Å². The lowest BCUT2D eigenvalue weighted by atomic mass is 10.2. The van der Waals surface area contributed by atoms with Crippen LogP contribution in [0.3, 0.4) is 0 Å². The highest BCUT2D eigenvalue weighted by molar-refractivity contribution is 7.13. The smallest absolute Gasteiger partial charge is 0.246 e. The van der Waals surface area contributed by atoms with E-state index in [4.69, 9.17) is 0 Å². The van der Waals surface area contributed by atoms with Crippen molar-refractivity contribution < 1.29 is 4.79 Å². The number of rotatable bonds is 4. The first-order valence-electron chi connectivity index (χ1n) is 6.92. The molecule has 0 fully saturated rings. The lowest BCUT2D eigenvalue weighted by Crippen LogP contribution is -2.23. The van der Waals surface area contributed by atoms with Crippen molar-refractivity contribution in [3.63, 3.8) is 0 Å². The van der Waals surface area contributed by atoms with E-state index in [9.17, 15) is 4.79 Å². The number of nitrogens with zero attached hydrogens (tertiary/aromatic N) is 3. The van der Waals surface area contributed by atoms with Gasteiger partial charge >= 0.3 is 0 Å². The lowest BCUT2D eigenvalue weighted by Gasteiger charge is -2.18. The van der Waals surface area contributed by atoms with Crippen molar-refractivity contribution in [3.05, 3.63) is 28.9 Å². The van der Waals surface area contributed by atoms with Crippen molar-refractivity contribution in [2.75, 3.05) is 18.0 Å². The fourth-order valence-electron chi connectivity index (χ4n) is 1.92. The van der Waals surface area contributed by atoms with Crippen LogP contribution < -0.4 is 9.57 Å². The zero-order valence-electron chi connectivity index (χ0n) is 12.1. The van der Waals surface area contributed by atoms with Gasteiger partial charge in [0.1, 0.15) is 4.67 Å². The predicted octanol–water partition coefficient (Wildman–Crippen LogP) is 2.98. The summed E-state index contributed by atoms with van der Waals surface area (Å²) < 4.78 is 0.754. The van der Waals surface area contributed by atoms with Crippen molar-refractivity contribution in [2.45, 2.75) is 27.2 Å². The van der Waals surface area contributed by atoms with Crippen LogP contribution in [-0.2, 0) is 4.79 Å². The van der Waals surface area contributed by atoms with Gasteiger partial charge in [-0.05, 0) is 26.0 Å². The average Bonchev–Trinajstić information content (AvgIpc) is 2.48. The van der Waals surface area contributed by atoms with Gasteiger partial charge in [-0.3, -0.25) is 4.79 Å². The summed E-state index contributed by atoms with van der Waals surface area (Å²) in [6.07, 6.45) is 0.421. The molecule has 1 heterocycles. The van der Waals surface area contributed by atoms with Gasteiger partial charge in [0.2, 0.25) is 5.91 Å². The van der Waals surface area contributed by atoms with Gasteiger partial charge in [0.25, 0.3) is 0 Å². The first kappa shape index (κ1) is 14.7. The normalized spacial score (nSPS) is 11.8. The van der Waals surface area contributed by atoms with Crippen molar-refractivity contribution in [2.24, 2.45) is 4.99 Å². The van der Waals surface area contributed by atoms with Crippen molar-refractivity contribution in [1.82, 2.24) is 4.98 Å². The van der Waals surface area contributed by atoms with Gasteiger partial charge in [-0.1, -0.05) is 30.4 Å². The molecule has 4 nitrogen and oxygen atoms in total. The Balaban J connectivity index is 2.70. The molecule has 20 heavy (non-hydrogen) atoms. The Bertz CT molecular complexity index is 674. The molecule has 1 aromatic carbocycles. The van der Waals surface area contributed by atoms with E-state index >= 15 is 0 Å². The van der Waals surface area contributed by atoms with Crippen molar-refractivity contribution >= 4 is 33.3 Å². The molecule has 0 aliphatic rings. The summed E-state index contributed by atoms with van der Waals surface area (Å²) in [4.78, 5) is 22.7. The molecule has 0 radical (unpaired) electrons. The number of benzene rings is 1. The fraction of sp³-hybridized carbons (Fsp3) is 0.400. The topological polar surface area (TPSA) is 45.6 Å². The van der Waals surface area contributed by atoms with E-state index in [1.807, 2.05) is 31.2 Å². The second-order valence-corrected chi connectivity index (χ2v) is 5.31. The van der Waals surface area contributed by atoms with E-state index in [0.717, 1.165) is 33.8 Å². The number of anilines is 1. The van der Waals surface area contributed by atoms with E-state index in [2.05, 4.69) is 28.7 Å². The monoisotopic (exact) mass is 289 g/mol. The second-order valence-electron chi connectivity index (χ2n) is 4.35. The van der Waals surface area contributed by atoms with Gasteiger partial charge in [0.05, 0.1) is 5.52 Å². The molecule has 0 saturated carbocycles. The Morgan fingerprint density at radius 2 is 1.95 bits per heavy atom. The van der Waals surface area contributed by atoms with Crippen LogP contribution in [-0.4, -0.2) is 24.0 Å². The zero-order valence-corrected chi connectivity index (χ0v) is 12.9. The number of amides is 1. The largest absolute Gasteiger partial charge is 0.349 e. The molecule has 0 atom stereocenters. The molecule has 1 amide bonds. The number of hydrogen-bond donors (Lipinski definition) is 0. The summed E-state index contributed by atoms with van der Waals surface area (Å²) >= 11 is 1.48. The van der Waals surface area contributed by atoms with Gasteiger partial charge in [0.15, 0.2) is 5.13 Å². The molecular formula is C15H19N3OS. The van der Waals surface area contributed by atoms with Crippen LogP contribution in [0.5, 0.6) is 0 Å². The molecule has 5 heteroatoms. The van der Waals surface area contributed by atoms with E-state index in [1.54, 1.807) is 0 Å². The average molecular weight is 289 g/mol. The summed E-state index contributed by atoms with van der Waals surface area (Å²) in [6, 6.07) is 7.83. The Labute approximate surface area is 122 Å². The summed E-state index contributed by atoms with van der Waals surface area (Å²) in [5, 5.41) is 1.85. The number of para-hydroxylation sites is 1. The standard InChI is InChI=1S/C15H19N3OS/c1-4-13(19)17-14-11-9-7-8-10-12(11)16-15(20-14)18(5-2)6-3/h7-10H,4-6H2,1-3H3. The van der Waals surface area contributed by atoms with Crippen LogP contribution in [0.15, 0.2) is 29.3 Å². The van der Waals surface area contributed by atoms with Crippen LogP contribution >= 0.6 is 11.3 Å². The van der Waals surface area contributed by atoms with Gasteiger partial charge < -0.3 is 4.90 Å². The highest BCUT2D eigenvalue weighted by atomic mass is 32.1. The maximum Gasteiger partial charge on any atom is 0.246 e. The molecule has 2 rings (SSSR count). The Hall–Kier alpha value is -1.75. The predicted molar refractivity (Wildman–Crippen MR) is 84.0 cm³/mol. The van der Waals surface area contributed by atoms with Crippen molar-refractivity contribution in [3.8, 4) is 0 Å². The molecule has 0 spiro atoms. The van der Waals surface area contributed by atoms with E-state index in [-0.39, 0.29) is 5.91 Å². The molecule has 0 bridgehead atoms. The summed E-state index contributed by atoms with van der Waals surface area (Å²) in [7, 11) is 0. The molecule has 2 aromatic rings. The van der Waals surface area contributed by atoms with E-state index in [0.29, 0.717) is 6.42 Å². The molecule has 0 N–H and O–H groups in total. The molecule has 0 saturated heterocycles. The molecule has 0 aliphatic heterocycles. The Kier molecular flexibility index (Phi) is 4.84. The molecule has 106 valence electrons. The lowest BCUT2D eigenvalue weighted by molar-refractivity contribution is -0.117. The number of fused-ring (bicyclic) bond motifs is 1. The highest BCUT2D eigenvalue weighted by Gasteiger charge is 2.08. The molecule has 0 unspecified atom stereocenters. The third-order valence-electron chi connectivity index (χ3n) is 3.10. The highest BCUT2D eigenvalue weighted by Crippen LogP contribution is 2.18. The van der Waals surface area contributed by atoms with Crippen LogP contribution in [0, 0.1) is 0 Å². The summed E-state index contributed by atoms with van der Waals surface area (Å²) in [5.74, 6) is -0.0944. The fourth-order valence-corrected chi connectivity index (χ4v) is 3.06. The minimum Gasteiger partial charge on any atom is -0.349 e. The SMILES string of the molecule is CCC(=O)N=c1sc(N(CC)CC)nc2ccccc12. The Morgan fingerprint density at radius 3 is 2.60 bits per heavy atom. The molecule has 0 aliphatic carbocycles. The van der Waals surface area contributed by atoms with Gasteiger partial charge in [-0.2, -0.15) is 0 Å². The quantitative estimate of drug-likeness (QED) is 0.869. The maximum atomic E-state index is 11.7. The third-order valence-corrected chi connectivity index (χ3v) is 4.14. The maximum absolute atomic E-state index is 11.7. The minimum absolute atomic E-state index is 0.0944. The number of carbonyl (C=O) groups excluding carboxylic acids is 1. The number of carbonyl (C=O) groups is 1. The number of aromatic nitrogens is 1. The first-order valence-corrected chi connectivity index (χ1v) is 7.73. The summed E-state index contributed by atoms with van der Waals surface area (Å²) in [6.45, 7) is 7.80. The number of hydrogen-bond acceptors (Lipinski definition) is 4. The van der Waals surface area contributed by atoms with Crippen LogP contribution in [0.1, 0.15) is 27.2 Å². The minimum atomic E-state index is -0.0944. The van der Waals surface area contributed by atoms with E-state index < -0.39 is 0 Å². The van der Waals surface area contributed by atoms with Crippen molar-refractivity contribution in [1.29, 1.82) is 0 Å². The molecule has 1 aromatic heterocycles. The Morgan fingerprint density at radius 1 is 1.25 bits per heavy atom. The van der Waals surface area contributed by atoms with Gasteiger partial charge in [-0.15, -0.1) is 0 Å². The second kappa shape index (κ2) is 6.61. The summed E-state index contributed by atoms with van der Waals surface area (Å²) in [5.41, 5.74) is 0.885. The molecular weight excluding hydrogens is 270 g/mol. The van der Waals surface area contributed by atoms with Crippen LogP contribution in [0.25, 0.3) is 10.9 Å². The van der Waals surface area contributed by atoms with Gasteiger partial charge in [-0.25, -0.2) is 9.98 Å². The zero-order chi connectivity index (χ0) is 14.5. The van der Waals surface area contributed by atoms with Crippen LogP contribution in [0.4, 0.5) is 5.13 Å². The van der Waals surface area contributed by atoms with Gasteiger partial charge in [0, 0.05) is 24.9 Å². The first-order chi connectivity index (χ1) is 9.69. The van der Waals surface area contributed by atoms with E-state index in [1.165, 1.54) is 11.3 Å².